The highest BCUT2D eigenvalue weighted by Crippen LogP contribution is 2.28. The highest BCUT2D eigenvalue weighted by molar-refractivity contribution is 5.92. The smallest absolute Gasteiger partial charge is 0.261 e. The molecule has 2 aromatic rings. The molecule has 27 heavy (non-hydrogen) atoms. The third kappa shape index (κ3) is 4.19. The first kappa shape index (κ1) is 18.7. The quantitative estimate of drug-likeness (QED) is 0.717. The second-order valence-corrected chi connectivity index (χ2v) is 6.57. The van der Waals surface area contributed by atoms with Crippen LogP contribution in [0.4, 0.5) is 0 Å². The zero-order valence-corrected chi connectivity index (χ0v) is 15.2. The maximum atomic E-state index is 12.4. The zero-order valence-electron chi connectivity index (χ0n) is 15.2. The number of nitrogens with two attached hydrogens (primary N) is 1. The molecule has 3 rings (SSSR count). The number of carbonyl (C=O) groups excluding carboxylic acids is 2. The molecule has 0 saturated heterocycles. The second kappa shape index (κ2) is 8.07. The van der Waals surface area contributed by atoms with Crippen molar-refractivity contribution in [2.24, 2.45) is 5.73 Å². The van der Waals surface area contributed by atoms with Gasteiger partial charge in [0.2, 0.25) is 0 Å². The number of aryl methyl sites for hydroxylation is 2. The van der Waals surface area contributed by atoms with Crippen LogP contribution in [-0.4, -0.2) is 23.4 Å². The lowest BCUT2D eigenvalue weighted by molar-refractivity contribution is -0.124. The predicted octanol–water partition coefficient (Wildman–Crippen LogP) is 1.61. The molecule has 1 heterocycles. The van der Waals surface area contributed by atoms with Crippen molar-refractivity contribution in [2.75, 3.05) is 6.61 Å². The Morgan fingerprint density at radius 1 is 1.33 bits per heavy atom. The molecule has 2 amide bonds. The molecule has 0 bridgehead atoms. The number of carbonyl (C=O) groups is 2. The Labute approximate surface area is 156 Å². The fourth-order valence-corrected chi connectivity index (χ4v) is 3.39. The van der Waals surface area contributed by atoms with Crippen molar-refractivity contribution in [2.45, 2.75) is 38.6 Å². The van der Waals surface area contributed by atoms with Crippen LogP contribution in [0.25, 0.3) is 0 Å². The molecule has 142 valence electrons. The maximum absolute atomic E-state index is 12.4. The van der Waals surface area contributed by atoms with Gasteiger partial charge in [-0.3, -0.25) is 14.4 Å². The predicted molar refractivity (Wildman–Crippen MR) is 101 cm³/mol. The third-order valence-electron chi connectivity index (χ3n) is 4.77. The fourth-order valence-electron chi connectivity index (χ4n) is 3.39. The molecule has 4 N–H and O–H groups in total. The first-order valence-corrected chi connectivity index (χ1v) is 9.05. The zero-order chi connectivity index (χ0) is 19.4. The topological polar surface area (TPSA) is 114 Å². The molecule has 0 spiro atoms. The van der Waals surface area contributed by atoms with Gasteiger partial charge < -0.3 is 20.8 Å². The summed E-state index contributed by atoms with van der Waals surface area (Å²) in [4.78, 5) is 38.5. The third-order valence-corrected chi connectivity index (χ3v) is 4.77. The number of pyridine rings is 1. The van der Waals surface area contributed by atoms with Crippen LogP contribution in [-0.2, 0) is 17.6 Å². The Hall–Kier alpha value is -3.09. The molecule has 1 atom stereocenters. The summed E-state index contributed by atoms with van der Waals surface area (Å²) in [6.45, 7) is 1.92. The summed E-state index contributed by atoms with van der Waals surface area (Å²) in [5.74, 6) is -0.348. The van der Waals surface area contributed by atoms with E-state index in [9.17, 15) is 14.4 Å². The van der Waals surface area contributed by atoms with E-state index in [0.717, 1.165) is 29.7 Å². The number of aromatic nitrogens is 1. The highest BCUT2D eigenvalue weighted by Gasteiger charge is 2.25. The molecule has 1 aromatic heterocycles. The second-order valence-electron chi connectivity index (χ2n) is 6.57. The molecule has 0 aliphatic heterocycles. The minimum Gasteiger partial charge on any atom is -0.483 e. The lowest BCUT2D eigenvalue weighted by Crippen LogP contribution is -2.36. The number of fused-ring (bicyclic) bond motifs is 1. The fraction of sp³-hybridized carbons (Fsp3) is 0.350. The number of hydrogen-bond acceptors (Lipinski definition) is 4. The molecule has 7 heteroatoms. The van der Waals surface area contributed by atoms with Crippen molar-refractivity contribution in [3.63, 3.8) is 0 Å². The van der Waals surface area contributed by atoms with Gasteiger partial charge in [0.05, 0.1) is 6.04 Å². The first-order valence-electron chi connectivity index (χ1n) is 9.05. The maximum Gasteiger partial charge on any atom is 0.261 e. The van der Waals surface area contributed by atoms with Crippen LogP contribution < -0.4 is 21.3 Å². The van der Waals surface area contributed by atoms with Crippen molar-refractivity contribution in [1.82, 2.24) is 10.3 Å². The minimum absolute atomic E-state index is 0.0944. The summed E-state index contributed by atoms with van der Waals surface area (Å²) >= 11 is 0. The molecular weight excluding hydrogens is 346 g/mol. The molecule has 1 aliphatic carbocycles. The van der Waals surface area contributed by atoms with Crippen molar-refractivity contribution >= 4 is 11.8 Å². The van der Waals surface area contributed by atoms with Gasteiger partial charge in [-0.2, -0.15) is 0 Å². The van der Waals surface area contributed by atoms with Gasteiger partial charge in [-0.05, 0) is 48.9 Å². The van der Waals surface area contributed by atoms with Crippen LogP contribution in [0.1, 0.15) is 53.0 Å². The number of amides is 2. The van der Waals surface area contributed by atoms with E-state index in [1.807, 2.05) is 31.2 Å². The molecule has 1 aliphatic rings. The number of ether oxygens (including phenoxy) is 1. The van der Waals surface area contributed by atoms with Crippen LogP contribution in [0, 0.1) is 0 Å². The van der Waals surface area contributed by atoms with Crippen LogP contribution in [0.2, 0.25) is 0 Å². The molecule has 0 radical (unpaired) electrons. The Morgan fingerprint density at radius 3 is 2.85 bits per heavy atom. The number of H-pyrrole nitrogens is 1. The van der Waals surface area contributed by atoms with Gasteiger partial charge in [0.1, 0.15) is 11.3 Å². The van der Waals surface area contributed by atoms with Gasteiger partial charge in [-0.1, -0.05) is 25.1 Å². The number of primary amides is 1. The monoisotopic (exact) mass is 369 g/mol. The van der Waals surface area contributed by atoms with Crippen LogP contribution >= 0.6 is 0 Å². The average molecular weight is 369 g/mol. The van der Waals surface area contributed by atoms with Crippen molar-refractivity contribution in [3.05, 3.63) is 63.1 Å². The summed E-state index contributed by atoms with van der Waals surface area (Å²) in [7, 11) is 0. The van der Waals surface area contributed by atoms with E-state index in [4.69, 9.17) is 10.5 Å². The molecule has 0 saturated carbocycles. The highest BCUT2D eigenvalue weighted by atomic mass is 16.5. The van der Waals surface area contributed by atoms with Crippen LogP contribution in [0.3, 0.4) is 0 Å². The lowest BCUT2D eigenvalue weighted by Gasteiger charge is -2.26. The van der Waals surface area contributed by atoms with Crippen LogP contribution in [0.15, 0.2) is 35.1 Å². The molecule has 1 aromatic carbocycles. The Bertz CT molecular complexity index is 920. The van der Waals surface area contributed by atoms with E-state index >= 15 is 0 Å². The SMILES string of the molecule is CCc1ccccc1OCC(=O)NC1CCCc2[nH]c(=O)c(C(N)=O)cc21. The van der Waals surface area contributed by atoms with Gasteiger partial charge in [0, 0.05) is 5.69 Å². The minimum atomic E-state index is -0.783. The molecule has 0 fully saturated rings. The van der Waals surface area contributed by atoms with Crippen molar-refractivity contribution < 1.29 is 14.3 Å². The van der Waals surface area contributed by atoms with Gasteiger partial charge in [0.25, 0.3) is 17.4 Å². The van der Waals surface area contributed by atoms with E-state index in [2.05, 4.69) is 10.3 Å². The largest absolute Gasteiger partial charge is 0.483 e. The summed E-state index contributed by atoms with van der Waals surface area (Å²) in [6, 6.07) is 8.81. The van der Waals surface area contributed by atoms with E-state index in [1.165, 1.54) is 6.07 Å². The number of nitrogens with one attached hydrogen (secondary N) is 2. The molecular formula is C20H23N3O4. The normalized spacial score (nSPS) is 15.7. The standard InChI is InChI=1S/C20H23N3O4/c1-2-12-6-3-4-9-17(12)27-11-18(24)22-15-7-5-8-16-13(15)10-14(19(21)25)20(26)23-16/h3-4,6,9-10,15H,2,5,7-8,11H2,1H3,(H2,21,25)(H,22,24)(H,23,26). The summed E-state index contributed by atoms with van der Waals surface area (Å²) < 4.78 is 5.66. The number of hydrogen-bond donors (Lipinski definition) is 3. The summed E-state index contributed by atoms with van der Waals surface area (Å²) in [5, 5.41) is 2.93. The summed E-state index contributed by atoms with van der Waals surface area (Å²) in [6.07, 6.45) is 3.05. The van der Waals surface area contributed by atoms with Crippen LogP contribution in [0.5, 0.6) is 5.75 Å². The van der Waals surface area contributed by atoms with E-state index in [-0.39, 0.29) is 24.1 Å². The van der Waals surface area contributed by atoms with Gasteiger partial charge >= 0.3 is 0 Å². The Morgan fingerprint density at radius 2 is 2.11 bits per heavy atom. The number of para-hydroxylation sites is 1. The van der Waals surface area contributed by atoms with Crippen molar-refractivity contribution in [3.8, 4) is 5.75 Å². The number of benzene rings is 1. The van der Waals surface area contributed by atoms with Gasteiger partial charge in [-0.25, -0.2) is 0 Å². The van der Waals surface area contributed by atoms with E-state index in [0.29, 0.717) is 18.6 Å². The number of aromatic amines is 1. The summed E-state index contributed by atoms with van der Waals surface area (Å²) in [5.41, 5.74) is 7.19. The van der Waals surface area contributed by atoms with Gasteiger partial charge in [-0.15, -0.1) is 0 Å². The lowest BCUT2D eigenvalue weighted by atomic mass is 9.90. The van der Waals surface area contributed by atoms with Gasteiger partial charge in [0.15, 0.2) is 6.61 Å². The number of rotatable bonds is 6. The Balaban J connectivity index is 1.71. The Kier molecular flexibility index (Phi) is 5.59. The molecule has 7 nitrogen and oxygen atoms in total. The first-order chi connectivity index (χ1) is 13.0. The average Bonchev–Trinajstić information content (AvgIpc) is 2.66. The molecule has 1 unspecified atom stereocenters. The van der Waals surface area contributed by atoms with Crippen molar-refractivity contribution in [1.29, 1.82) is 0 Å². The van der Waals surface area contributed by atoms with E-state index < -0.39 is 11.5 Å². The van der Waals surface area contributed by atoms with E-state index in [1.54, 1.807) is 0 Å².